The summed E-state index contributed by atoms with van der Waals surface area (Å²) in [6.45, 7) is 0. The van der Waals surface area contributed by atoms with Crippen LogP contribution < -0.4 is 0 Å². The fraction of sp³-hybridized carbons (Fsp3) is 1.00. The van der Waals surface area contributed by atoms with Gasteiger partial charge in [-0.1, -0.05) is 10.4 Å². The third kappa shape index (κ3) is 197. The highest BCUT2D eigenvalue weighted by Crippen LogP contribution is 1.44. The first-order valence-electron chi connectivity index (χ1n) is 2.74. The van der Waals surface area contributed by atoms with Crippen LogP contribution in [0.3, 0.4) is 0 Å². The van der Waals surface area contributed by atoms with Crippen molar-refractivity contribution in [1.29, 1.82) is 10.8 Å². The molecular formula is C2H10N6O11. The van der Waals surface area contributed by atoms with Gasteiger partial charge in [0, 0.05) is 20.7 Å². The molecule has 0 aromatic carbocycles. The van der Waals surface area contributed by atoms with Crippen LogP contribution in [0.15, 0.2) is 10.4 Å². The van der Waals surface area contributed by atoms with E-state index in [1.807, 2.05) is 0 Å². The zero-order valence-electron chi connectivity index (χ0n) is 10.3. The number of rotatable bonds is 0. The van der Waals surface area contributed by atoms with Crippen LogP contribution in [0.4, 0.5) is 0 Å². The molecule has 17 heteroatoms. The predicted molar refractivity (Wildman–Crippen MR) is 57.5 cm³/mol. The summed E-state index contributed by atoms with van der Waals surface area (Å²) in [6, 6.07) is 0. The van der Waals surface area contributed by atoms with Crippen molar-refractivity contribution in [2.24, 2.45) is 10.4 Å². The fourth-order valence-corrected chi connectivity index (χ4v) is 0. The molecule has 0 heterocycles. The first-order valence-corrected chi connectivity index (χ1v) is 2.74. The van der Waals surface area contributed by atoms with Crippen LogP contribution in [0.1, 0.15) is 1.43 Å². The van der Waals surface area contributed by atoms with E-state index in [0.717, 1.165) is 0 Å². The molecule has 0 aromatic rings. The molecule has 0 rings (SSSR count). The van der Waals surface area contributed by atoms with Crippen LogP contribution in [-0.2, 0) is 0 Å². The lowest BCUT2D eigenvalue weighted by Gasteiger charge is -1.74. The van der Waals surface area contributed by atoms with Gasteiger partial charge in [-0.05, 0) is 0 Å². The number of nitrogens with zero attached hydrogens (tertiary/aromatic N) is 6. The van der Waals surface area contributed by atoms with Crippen molar-refractivity contribution in [3.63, 3.8) is 0 Å². The van der Waals surface area contributed by atoms with E-state index in [2.05, 4.69) is 10.4 Å². The largest absolute Gasteiger partial charge is 1.00 e. The van der Waals surface area contributed by atoms with Gasteiger partial charge in [-0.15, -0.1) is 10.1 Å². The molecule has 0 saturated carbocycles. The number of hydrogen-bond acceptors (Lipinski definition) is 13. The average molecular weight is 294 g/mol. The maximum absolute atomic E-state index is 8.56. The summed E-state index contributed by atoms with van der Waals surface area (Å²) in [5, 5.41) is 44.9. The highest BCUT2D eigenvalue weighted by Gasteiger charge is 1.65. The lowest BCUT2D eigenvalue weighted by molar-refractivity contribution is -0.742. The van der Waals surface area contributed by atoms with E-state index < -0.39 is 10.2 Å². The molecule has 3 N–H and O–H groups in total. The maximum Gasteiger partial charge on any atom is 1.00 e. The van der Waals surface area contributed by atoms with Gasteiger partial charge in [0.15, 0.2) is 0 Å². The van der Waals surface area contributed by atoms with Gasteiger partial charge in [0.25, 0.3) is 5.09 Å². The van der Waals surface area contributed by atoms with Crippen LogP contribution in [0, 0.1) is 56.0 Å². The van der Waals surface area contributed by atoms with Crippen LogP contribution in [0.25, 0.3) is 0 Å². The smallest absolute Gasteiger partial charge is 0.412 e. The first-order chi connectivity index (χ1) is 8.29. The molecule has 0 aliphatic rings. The van der Waals surface area contributed by atoms with Crippen molar-refractivity contribution in [3.05, 3.63) is 45.2 Å². The Hall–Kier alpha value is -3.42. The average Bonchev–Trinajstić information content (AvgIpc) is 2.23. The van der Waals surface area contributed by atoms with E-state index in [-0.39, 0.29) is 6.90 Å². The summed E-state index contributed by atoms with van der Waals surface area (Å²) >= 11 is 0. The standard InChI is InChI=1S/2CH3NO.N2.HNO3.NO3.O2.H2O/c2*1-2-3;1-2;2*2-1(3)4;1-2;/h2*1H3;;(H,2,3,4);;;1H2/q;;;;-1;;/p+1. The van der Waals surface area contributed by atoms with Crippen molar-refractivity contribution < 1.29 is 22.3 Å². The summed E-state index contributed by atoms with van der Waals surface area (Å²) in [4.78, 5) is 47.7. The monoisotopic (exact) mass is 294 g/mol. The van der Waals surface area contributed by atoms with E-state index >= 15 is 0 Å². The highest BCUT2D eigenvalue weighted by atomic mass is 16.9. The van der Waals surface area contributed by atoms with Crippen LogP contribution in [0.2, 0.25) is 0 Å². The number of hydrogen-bond donors (Lipinski definition) is 1. The third-order valence-electron chi connectivity index (χ3n) is 0. The van der Waals surface area contributed by atoms with Crippen LogP contribution in [0.5, 0.6) is 0 Å². The molecule has 0 amide bonds. The van der Waals surface area contributed by atoms with Crippen molar-refractivity contribution in [2.45, 2.75) is 0 Å². The maximum atomic E-state index is 8.56. The zero-order valence-corrected chi connectivity index (χ0v) is 9.30. The molecule has 0 radical (unpaired) electrons. The summed E-state index contributed by atoms with van der Waals surface area (Å²) in [6.07, 6.45) is 0. The lowest BCUT2D eigenvalue weighted by atomic mass is 11.6. The Morgan fingerprint density at radius 3 is 1.00 bits per heavy atom. The molecule has 0 spiro atoms. The Morgan fingerprint density at radius 1 is 1.00 bits per heavy atom. The molecule has 0 fully saturated rings. The third-order valence-corrected chi connectivity index (χ3v) is 0. The number of nitroso groups, excluding NO2 is 2. The van der Waals surface area contributed by atoms with Gasteiger partial charge in [-0.25, -0.2) is 0 Å². The minimum atomic E-state index is -1.75. The normalized spacial score (nSPS) is 4.21. The van der Waals surface area contributed by atoms with Gasteiger partial charge in [-0.2, -0.15) is 9.81 Å². The Morgan fingerprint density at radius 2 is 1.00 bits per heavy atom. The fourth-order valence-electron chi connectivity index (χ4n) is 0. The topological polar surface area (TPSA) is 302 Å². The molecule has 17 nitrogen and oxygen atoms in total. The molecular weight excluding hydrogens is 284 g/mol. The molecule has 114 valence electrons. The highest BCUT2D eigenvalue weighted by molar-refractivity contribution is 4.07. The molecule has 0 aliphatic carbocycles. The van der Waals surface area contributed by atoms with Crippen LogP contribution in [-0.4, -0.2) is 35.0 Å². The van der Waals surface area contributed by atoms with E-state index in [4.69, 9.17) is 61.2 Å². The summed E-state index contributed by atoms with van der Waals surface area (Å²) in [5.41, 5.74) is 0. The molecule has 19 heavy (non-hydrogen) atoms. The Kier molecular flexibility index (Phi) is 304. The van der Waals surface area contributed by atoms with E-state index in [1.165, 1.54) is 14.1 Å². The second-order valence-electron chi connectivity index (χ2n) is 0.827. The van der Waals surface area contributed by atoms with Crippen molar-refractivity contribution in [2.75, 3.05) is 14.1 Å². The van der Waals surface area contributed by atoms with Gasteiger partial charge in [-0.3, -0.25) is 0 Å². The molecule has 0 saturated heterocycles. The van der Waals surface area contributed by atoms with E-state index in [9.17, 15) is 0 Å². The quantitative estimate of drug-likeness (QED) is 0.257. The minimum absolute atomic E-state index is 0. The van der Waals surface area contributed by atoms with E-state index in [0.29, 0.717) is 0 Å². The summed E-state index contributed by atoms with van der Waals surface area (Å²) in [7, 11) is 2.39. The Bertz CT molecular complexity index is 184. The van der Waals surface area contributed by atoms with Gasteiger partial charge in [0.1, 0.15) is 0 Å². The van der Waals surface area contributed by atoms with Crippen molar-refractivity contribution in [1.82, 2.24) is 0 Å². The second kappa shape index (κ2) is 128. The molecule has 0 bridgehead atoms. The Labute approximate surface area is 104 Å². The lowest BCUT2D eigenvalue weighted by Crippen LogP contribution is -1.81. The summed E-state index contributed by atoms with van der Waals surface area (Å²) < 4.78 is 0. The molecule has 0 unspecified atom stereocenters. The van der Waals surface area contributed by atoms with Gasteiger partial charge >= 0.3 is 1.43 Å². The van der Waals surface area contributed by atoms with Crippen molar-refractivity contribution in [3.8, 4) is 0 Å². The minimum Gasteiger partial charge on any atom is -0.412 e. The second-order valence-corrected chi connectivity index (χ2v) is 0.827. The SMILES string of the molecule is CN=O.CN=O.N#N.O.O=O.O=[N+]([O-])O.O=[N+]([O-])[O-].[H+]. The van der Waals surface area contributed by atoms with Crippen molar-refractivity contribution >= 4 is 0 Å². The predicted octanol–water partition coefficient (Wildman–Crippen LogP) is -0.437. The summed E-state index contributed by atoms with van der Waals surface area (Å²) in [5.74, 6) is 0. The molecule has 0 aromatic heterocycles. The first kappa shape index (κ1) is 45.0. The van der Waals surface area contributed by atoms with Gasteiger partial charge in [0.2, 0.25) is 0 Å². The Balaban J connectivity index is -0.0000000144. The van der Waals surface area contributed by atoms with E-state index in [1.54, 1.807) is 0 Å². The molecule has 0 aliphatic heterocycles. The molecule has 0 atom stereocenters. The van der Waals surface area contributed by atoms with Crippen LogP contribution >= 0.6 is 0 Å². The van der Waals surface area contributed by atoms with Gasteiger partial charge in [0.05, 0.1) is 19.2 Å². The van der Waals surface area contributed by atoms with Gasteiger partial charge < -0.3 is 26.0 Å². The zero-order chi connectivity index (χ0) is 16.6.